The lowest BCUT2D eigenvalue weighted by atomic mass is 10.1. The Balaban J connectivity index is 2.49. The van der Waals surface area contributed by atoms with Crippen molar-refractivity contribution in [1.82, 2.24) is 4.90 Å². The molecule has 0 aromatic heterocycles. The summed E-state index contributed by atoms with van der Waals surface area (Å²) in [5, 5.41) is 2.79. The molecule has 1 aromatic rings. The van der Waals surface area contributed by atoms with Crippen molar-refractivity contribution in [2.45, 2.75) is 33.6 Å². The first kappa shape index (κ1) is 16.2. The van der Waals surface area contributed by atoms with Crippen LogP contribution in [-0.2, 0) is 9.59 Å². The summed E-state index contributed by atoms with van der Waals surface area (Å²) in [4.78, 5) is 25.4. The molecule has 4 heteroatoms. The van der Waals surface area contributed by atoms with E-state index >= 15 is 0 Å². The average molecular weight is 276 g/mol. The Morgan fingerprint density at radius 2 is 1.85 bits per heavy atom. The van der Waals surface area contributed by atoms with Gasteiger partial charge < -0.3 is 10.2 Å². The number of rotatable bonds is 6. The van der Waals surface area contributed by atoms with E-state index in [1.807, 2.05) is 45.0 Å². The molecule has 0 bridgehead atoms. The van der Waals surface area contributed by atoms with Gasteiger partial charge in [0.05, 0.1) is 6.54 Å². The summed E-state index contributed by atoms with van der Waals surface area (Å²) in [7, 11) is 1.67. The van der Waals surface area contributed by atoms with Crippen molar-refractivity contribution in [1.29, 1.82) is 0 Å². The zero-order chi connectivity index (χ0) is 15.1. The van der Waals surface area contributed by atoms with Gasteiger partial charge in [0.25, 0.3) is 0 Å². The molecule has 1 aromatic carbocycles. The van der Waals surface area contributed by atoms with Crippen LogP contribution < -0.4 is 5.32 Å². The number of nitrogens with zero attached hydrogens (tertiary/aromatic N) is 1. The van der Waals surface area contributed by atoms with Crippen LogP contribution in [0.5, 0.6) is 0 Å². The molecule has 0 fully saturated rings. The molecule has 4 nitrogen and oxygen atoms in total. The zero-order valence-corrected chi connectivity index (χ0v) is 12.8. The molecule has 0 saturated carbocycles. The van der Waals surface area contributed by atoms with Crippen molar-refractivity contribution in [2.24, 2.45) is 5.92 Å². The molecule has 1 atom stereocenters. The topological polar surface area (TPSA) is 49.4 Å². The molecular formula is C16H24N2O2. The second kappa shape index (κ2) is 7.68. The number of hydrogen-bond acceptors (Lipinski definition) is 2. The fourth-order valence-corrected chi connectivity index (χ4v) is 2.06. The SMILES string of the molecule is CCCC(C)C(=O)N(C)CC(=O)Nc1ccc(C)cc1. The second-order valence-corrected chi connectivity index (χ2v) is 5.30. The average Bonchev–Trinajstić information content (AvgIpc) is 2.40. The molecule has 0 radical (unpaired) electrons. The van der Waals surface area contributed by atoms with Gasteiger partial charge in [0, 0.05) is 18.7 Å². The molecule has 1 unspecified atom stereocenters. The number of carbonyl (C=O) groups excluding carboxylic acids is 2. The molecule has 1 N–H and O–H groups in total. The van der Waals surface area contributed by atoms with Crippen LogP contribution in [-0.4, -0.2) is 30.3 Å². The van der Waals surface area contributed by atoms with E-state index in [4.69, 9.17) is 0 Å². The van der Waals surface area contributed by atoms with Crippen molar-refractivity contribution in [3.05, 3.63) is 29.8 Å². The van der Waals surface area contributed by atoms with E-state index in [9.17, 15) is 9.59 Å². The highest BCUT2D eigenvalue weighted by atomic mass is 16.2. The first-order valence-electron chi connectivity index (χ1n) is 7.05. The molecule has 0 aliphatic heterocycles. The summed E-state index contributed by atoms with van der Waals surface area (Å²) in [6.07, 6.45) is 1.82. The quantitative estimate of drug-likeness (QED) is 0.868. The first-order chi connectivity index (χ1) is 9.43. The fraction of sp³-hybridized carbons (Fsp3) is 0.500. The van der Waals surface area contributed by atoms with Gasteiger partial charge in [0.2, 0.25) is 11.8 Å². The Morgan fingerprint density at radius 1 is 1.25 bits per heavy atom. The summed E-state index contributed by atoms with van der Waals surface area (Å²) in [5.41, 5.74) is 1.90. The standard InChI is InChI=1S/C16H24N2O2/c1-5-6-13(3)16(20)18(4)11-15(19)17-14-9-7-12(2)8-10-14/h7-10,13H,5-6,11H2,1-4H3,(H,17,19). The van der Waals surface area contributed by atoms with Crippen LogP contribution in [0.2, 0.25) is 0 Å². The number of hydrogen-bond donors (Lipinski definition) is 1. The summed E-state index contributed by atoms with van der Waals surface area (Å²) >= 11 is 0. The summed E-state index contributed by atoms with van der Waals surface area (Å²) in [6, 6.07) is 7.59. The Kier molecular flexibility index (Phi) is 6.22. The van der Waals surface area contributed by atoms with Crippen molar-refractivity contribution < 1.29 is 9.59 Å². The van der Waals surface area contributed by atoms with Crippen LogP contribution in [0, 0.1) is 12.8 Å². The number of aryl methyl sites for hydroxylation is 1. The molecule has 0 aliphatic rings. The summed E-state index contributed by atoms with van der Waals surface area (Å²) in [5.74, 6) is -0.184. The van der Waals surface area contributed by atoms with Gasteiger partial charge >= 0.3 is 0 Å². The lowest BCUT2D eigenvalue weighted by molar-refractivity contribution is -0.136. The molecule has 1 rings (SSSR count). The highest BCUT2D eigenvalue weighted by Crippen LogP contribution is 2.10. The van der Waals surface area contributed by atoms with Crippen molar-refractivity contribution in [3.8, 4) is 0 Å². The van der Waals surface area contributed by atoms with E-state index in [0.29, 0.717) is 0 Å². The van der Waals surface area contributed by atoms with Gasteiger partial charge in [-0.3, -0.25) is 9.59 Å². The number of anilines is 1. The fourth-order valence-electron chi connectivity index (χ4n) is 2.06. The third kappa shape index (κ3) is 5.03. The van der Waals surface area contributed by atoms with E-state index in [0.717, 1.165) is 24.1 Å². The van der Waals surface area contributed by atoms with Gasteiger partial charge in [-0.25, -0.2) is 0 Å². The zero-order valence-electron chi connectivity index (χ0n) is 12.8. The lowest BCUT2D eigenvalue weighted by Crippen LogP contribution is -2.37. The highest BCUT2D eigenvalue weighted by molar-refractivity contribution is 5.94. The van der Waals surface area contributed by atoms with E-state index in [1.165, 1.54) is 4.90 Å². The molecule has 20 heavy (non-hydrogen) atoms. The molecule has 0 spiro atoms. The minimum atomic E-state index is -0.173. The monoisotopic (exact) mass is 276 g/mol. The van der Waals surface area contributed by atoms with Crippen molar-refractivity contribution in [3.63, 3.8) is 0 Å². The van der Waals surface area contributed by atoms with Crippen LogP contribution in [0.3, 0.4) is 0 Å². The van der Waals surface area contributed by atoms with Gasteiger partial charge in [-0.2, -0.15) is 0 Å². The Labute approximate surface area is 121 Å². The summed E-state index contributed by atoms with van der Waals surface area (Å²) in [6.45, 7) is 6.03. The third-order valence-corrected chi connectivity index (χ3v) is 3.24. The van der Waals surface area contributed by atoms with Crippen LogP contribution in [0.25, 0.3) is 0 Å². The number of carbonyl (C=O) groups is 2. The molecular weight excluding hydrogens is 252 g/mol. The van der Waals surface area contributed by atoms with Gasteiger partial charge in [0.15, 0.2) is 0 Å². The molecule has 2 amide bonds. The third-order valence-electron chi connectivity index (χ3n) is 3.24. The molecule has 0 saturated heterocycles. The normalized spacial score (nSPS) is 11.8. The van der Waals surface area contributed by atoms with Gasteiger partial charge in [-0.15, -0.1) is 0 Å². The van der Waals surface area contributed by atoms with Crippen LogP contribution in [0.4, 0.5) is 5.69 Å². The highest BCUT2D eigenvalue weighted by Gasteiger charge is 2.18. The van der Waals surface area contributed by atoms with Gasteiger partial charge in [-0.1, -0.05) is 38.0 Å². The lowest BCUT2D eigenvalue weighted by Gasteiger charge is -2.20. The number of nitrogens with one attached hydrogen (secondary N) is 1. The molecule has 0 aliphatic carbocycles. The van der Waals surface area contributed by atoms with Gasteiger partial charge in [0.1, 0.15) is 0 Å². The molecule has 0 heterocycles. The minimum absolute atomic E-state index is 0.0194. The maximum absolute atomic E-state index is 12.0. The minimum Gasteiger partial charge on any atom is -0.336 e. The number of amides is 2. The first-order valence-corrected chi connectivity index (χ1v) is 7.05. The predicted molar refractivity (Wildman–Crippen MR) is 81.5 cm³/mol. The van der Waals surface area contributed by atoms with Crippen molar-refractivity contribution in [2.75, 3.05) is 18.9 Å². The maximum atomic E-state index is 12.0. The van der Waals surface area contributed by atoms with E-state index in [1.54, 1.807) is 7.05 Å². The number of benzene rings is 1. The number of likely N-dealkylation sites (N-methyl/N-ethyl adjacent to an activating group) is 1. The Morgan fingerprint density at radius 3 is 2.40 bits per heavy atom. The van der Waals surface area contributed by atoms with Crippen LogP contribution in [0.1, 0.15) is 32.3 Å². The Bertz CT molecular complexity index is 454. The maximum Gasteiger partial charge on any atom is 0.243 e. The second-order valence-electron chi connectivity index (χ2n) is 5.30. The van der Waals surface area contributed by atoms with Crippen LogP contribution >= 0.6 is 0 Å². The predicted octanol–water partition coefficient (Wildman–Crippen LogP) is 2.83. The van der Waals surface area contributed by atoms with E-state index in [2.05, 4.69) is 5.32 Å². The van der Waals surface area contributed by atoms with Crippen LogP contribution in [0.15, 0.2) is 24.3 Å². The van der Waals surface area contributed by atoms with E-state index in [-0.39, 0.29) is 24.3 Å². The van der Waals surface area contributed by atoms with E-state index < -0.39 is 0 Å². The smallest absolute Gasteiger partial charge is 0.243 e. The molecule has 110 valence electrons. The largest absolute Gasteiger partial charge is 0.336 e. The van der Waals surface area contributed by atoms with Crippen molar-refractivity contribution >= 4 is 17.5 Å². The van der Waals surface area contributed by atoms with Gasteiger partial charge in [-0.05, 0) is 25.5 Å². The summed E-state index contributed by atoms with van der Waals surface area (Å²) < 4.78 is 0. The Hall–Kier alpha value is -1.84.